The quantitative estimate of drug-likeness (QED) is 0.790. The maximum atomic E-state index is 12.2. The van der Waals surface area contributed by atoms with E-state index < -0.39 is 17.7 Å². The molecule has 0 spiro atoms. The second kappa shape index (κ2) is 7.99. The fourth-order valence-electron chi connectivity index (χ4n) is 2.53. The Labute approximate surface area is 143 Å². The highest BCUT2D eigenvalue weighted by Crippen LogP contribution is 2.21. The van der Waals surface area contributed by atoms with E-state index >= 15 is 0 Å². The number of hydrogen-bond donors (Lipinski definition) is 0. The molecule has 1 amide bonds. The van der Waals surface area contributed by atoms with Gasteiger partial charge >= 0.3 is 12.1 Å². The molecule has 130 valence electrons. The molecule has 5 nitrogen and oxygen atoms in total. The molecule has 1 fully saturated rings. The molecular formula is C19H25NO4. The summed E-state index contributed by atoms with van der Waals surface area (Å²) in [7, 11) is 0. The highest BCUT2D eigenvalue weighted by molar-refractivity contribution is 5.82. The third-order valence-electron chi connectivity index (χ3n) is 3.58. The third kappa shape index (κ3) is 5.41. The van der Waals surface area contributed by atoms with E-state index in [1.165, 1.54) is 4.90 Å². The summed E-state index contributed by atoms with van der Waals surface area (Å²) < 4.78 is 10.6. The maximum absolute atomic E-state index is 12.2. The average Bonchev–Trinajstić information content (AvgIpc) is 3.00. The van der Waals surface area contributed by atoms with Gasteiger partial charge in [0.05, 0.1) is 0 Å². The lowest BCUT2D eigenvalue weighted by Gasteiger charge is -2.27. The first-order valence-electron chi connectivity index (χ1n) is 8.25. The summed E-state index contributed by atoms with van der Waals surface area (Å²) in [6.07, 6.45) is 4.62. The van der Waals surface area contributed by atoms with Crippen molar-refractivity contribution in [3.05, 3.63) is 42.0 Å². The summed E-state index contributed by atoms with van der Waals surface area (Å²) in [6, 6.07) is 9.23. The van der Waals surface area contributed by atoms with Crippen LogP contribution in [0.3, 0.4) is 0 Å². The molecule has 0 aromatic heterocycles. The van der Waals surface area contributed by atoms with Crippen LogP contribution in [0.5, 0.6) is 0 Å². The van der Waals surface area contributed by atoms with Gasteiger partial charge in [0.2, 0.25) is 0 Å². The molecule has 1 saturated heterocycles. The average molecular weight is 331 g/mol. The van der Waals surface area contributed by atoms with Crippen molar-refractivity contribution < 1.29 is 19.1 Å². The first kappa shape index (κ1) is 18.0. The lowest BCUT2D eigenvalue weighted by Crippen LogP contribution is -2.44. The van der Waals surface area contributed by atoms with Crippen LogP contribution >= 0.6 is 0 Å². The van der Waals surface area contributed by atoms with Crippen molar-refractivity contribution in [2.24, 2.45) is 0 Å². The minimum absolute atomic E-state index is 0.187. The summed E-state index contributed by atoms with van der Waals surface area (Å²) in [5.74, 6) is -0.379. The molecular weight excluding hydrogens is 306 g/mol. The summed E-state index contributed by atoms with van der Waals surface area (Å²) in [5, 5.41) is 0. The normalized spacial score (nSPS) is 18.0. The van der Waals surface area contributed by atoms with Crippen molar-refractivity contribution in [2.75, 3.05) is 13.2 Å². The monoisotopic (exact) mass is 331 g/mol. The number of carbonyl (C=O) groups excluding carboxylic acids is 2. The molecule has 0 N–H and O–H groups in total. The Balaban J connectivity index is 1.84. The van der Waals surface area contributed by atoms with E-state index in [-0.39, 0.29) is 12.6 Å². The van der Waals surface area contributed by atoms with E-state index in [2.05, 4.69) is 0 Å². The number of likely N-dealkylation sites (tertiary alicyclic amines) is 1. The Morgan fingerprint density at radius 1 is 1.25 bits per heavy atom. The van der Waals surface area contributed by atoms with Crippen molar-refractivity contribution in [3.8, 4) is 0 Å². The van der Waals surface area contributed by atoms with Crippen molar-refractivity contribution in [1.82, 2.24) is 4.90 Å². The zero-order valence-corrected chi connectivity index (χ0v) is 14.5. The Morgan fingerprint density at radius 3 is 2.62 bits per heavy atom. The number of benzene rings is 1. The smallest absolute Gasteiger partial charge is 0.411 e. The van der Waals surface area contributed by atoms with Crippen LogP contribution in [0, 0.1) is 0 Å². The lowest BCUT2D eigenvalue weighted by molar-refractivity contribution is -0.147. The van der Waals surface area contributed by atoms with Crippen LogP contribution < -0.4 is 0 Å². The highest BCUT2D eigenvalue weighted by Gasteiger charge is 2.37. The van der Waals surface area contributed by atoms with Crippen molar-refractivity contribution in [2.45, 2.75) is 45.3 Å². The van der Waals surface area contributed by atoms with E-state index in [0.29, 0.717) is 13.0 Å². The Kier molecular flexibility index (Phi) is 6.01. The van der Waals surface area contributed by atoms with Gasteiger partial charge in [-0.2, -0.15) is 0 Å². The standard InChI is InChI=1S/C19H25NO4/c1-19(2,3)24-18(22)20-13-7-12-16(20)17(21)23-14-8-11-15-9-5-4-6-10-15/h4-6,8-11,16H,7,12-14H2,1-3H3/b11-8+. The number of ether oxygens (including phenoxy) is 2. The van der Waals surface area contributed by atoms with E-state index in [1.54, 1.807) is 6.08 Å². The van der Waals surface area contributed by atoms with Gasteiger partial charge in [0.1, 0.15) is 18.2 Å². The predicted octanol–water partition coefficient (Wildman–Crippen LogP) is 3.64. The molecule has 1 aromatic rings. The molecule has 1 unspecified atom stereocenters. The third-order valence-corrected chi connectivity index (χ3v) is 3.58. The topological polar surface area (TPSA) is 55.8 Å². The van der Waals surface area contributed by atoms with Gasteiger partial charge < -0.3 is 9.47 Å². The second-order valence-electron chi connectivity index (χ2n) is 6.77. The fourth-order valence-corrected chi connectivity index (χ4v) is 2.53. The molecule has 0 saturated carbocycles. The fraction of sp³-hybridized carbons (Fsp3) is 0.474. The minimum Gasteiger partial charge on any atom is -0.460 e. The van der Waals surface area contributed by atoms with Gasteiger partial charge in [-0.3, -0.25) is 4.90 Å². The number of carbonyl (C=O) groups is 2. The van der Waals surface area contributed by atoms with E-state index in [0.717, 1.165) is 12.0 Å². The Morgan fingerprint density at radius 2 is 1.96 bits per heavy atom. The predicted molar refractivity (Wildman–Crippen MR) is 92.4 cm³/mol. The number of amides is 1. The molecule has 2 rings (SSSR count). The molecule has 0 radical (unpaired) electrons. The van der Waals surface area contributed by atoms with Crippen LogP contribution in [0.15, 0.2) is 36.4 Å². The summed E-state index contributed by atoms with van der Waals surface area (Å²) >= 11 is 0. The molecule has 0 aliphatic carbocycles. The number of esters is 1. The largest absolute Gasteiger partial charge is 0.460 e. The van der Waals surface area contributed by atoms with Gasteiger partial charge in [0, 0.05) is 6.54 Å². The number of rotatable bonds is 4. The van der Waals surface area contributed by atoms with Crippen LogP contribution in [0.1, 0.15) is 39.2 Å². The Bertz CT molecular complexity index is 589. The van der Waals surface area contributed by atoms with E-state index in [1.807, 2.05) is 57.2 Å². The van der Waals surface area contributed by atoms with Gasteiger partial charge in [-0.15, -0.1) is 0 Å². The van der Waals surface area contributed by atoms with Crippen molar-refractivity contribution >= 4 is 18.1 Å². The van der Waals surface area contributed by atoms with Crippen LogP contribution in [0.4, 0.5) is 4.79 Å². The molecule has 1 atom stereocenters. The van der Waals surface area contributed by atoms with Crippen LogP contribution in [-0.4, -0.2) is 41.8 Å². The zero-order chi connectivity index (χ0) is 17.6. The highest BCUT2D eigenvalue weighted by atomic mass is 16.6. The molecule has 5 heteroatoms. The summed E-state index contributed by atoms with van der Waals surface area (Å²) in [5.41, 5.74) is 0.469. The first-order chi connectivity index (χ1) is 11.4. The van der Waals surface area contributed by atoms with E-state index in [9.17, 15) is 9.59 Å². The molecule has 1 aliphatic heterocycles. The SMILES string of the molecule is CC(C)(C)OC(=O)N1CCCC1C(=O)OC/C=C/c1ccccc1. The van der Waals surface area contributed by atoms with Crippen molar-refractivity contribution in [3.63, 3.8) is 0 Å². The molecule has 1 heterocycles. The number of nitrogens with zero attached hydrogens (tertiary/aromatic N) is 1. The second-order valence-corrected chi connectivity index (χ2v) is 6.77. The minimum atomic E-state index is -0.577. The molecule has 0 bridgehead atoms. The van der Waals surface area contributed by atoms with E-state index in [4.69, 9.17) is 9.47 Å². The van der Waals surface area contributed by atoms with Gasteiger partial charge in [-0.05, 0) is 45.3 Å². The van der Waals surface area contributed by atoms with Gasteiger partial charge in [-0.25, -0.2) is 9.59 Å². The van der Waals surface area contributed by atoms with Crippen LogP contribution in [0.2, 0.25) is 0 Å². The van der Waals surface area contributed by atoms with Gasteiger partial charge in [0.25, 0.3) is 0 Å². The molecule has 1 aromatic carbocycles. The Hall–Kier alpha value is -2.30. The first-order valence-corrected chi connectivity index (χ1v) is 8.25. The number of hydrogen-bond acceptors (Lipinski definition) is 4. The van der Waals surface area contributed by atoms with Crippen molar-refractivity contribution in [1.29, 1.82) is 0 Å². The van der Waals surface area contributed by atoms with Gasteiger partial charge in [-0.1, -0.05) is 36.4 Å². The van der Waals surface area contributed by atoms with Crippen LogP contribution in [-0.2, 0) is 14.3 Å². The summed E-state index contributed by atoms with van der Waals surface area (Å²) in [4.78, 5) is 25.9. The molecule has 24 heavy (non-hydrogen) atoms. The van der Waals surface area contributed by atoms with Gasteiger partial charge in [0.15, 0.2) is 0 Å². The lowest BCUT2D eigenvalue weighted by atomic mass is 10.2. The maximum Gasteiger partial charge on any atom is 0.411 e. The zero-order valence-electron chi connectivity index (χ0n) is 14.5. The molecule has 1 aliphatic rings. The summed E-state index contributed by atoms with van der Waals surface area (Å²) in [6.45, 7) is 6.13. The van der Waals surface area contributed by atoms with Crippen LogP contribution in [0.25, 0.3) is 6.08 Å².